The number of aliphatic hydroxyl groups excluding tert-OH is 1. The van der Waals surface area contributed by atoms with Crippen LogP contribution in [-0.4, -0.2) is 29.2 Å². The normalized spacial score (nSPS) is 26.4. The van der Waals surface area contributed by atoms with Crippen molar-refractivity contribution in [2.75, 3.05) is 0 Å². The van der Waals surface area contributed by atoms with E-state index in [0.717, 1.165) is 6.42 Å². The van der Waals surface area contributed by atoms with Gasteiger partial charge in [-0.15, -0.1) is 0 Å². The van der Waals surface area contributed by atoms with Crippen LogP contribution in [0.2, 0.25) is 0 Å². The topological polar surface area (TPSA) is 38.7 Å². The molecule has 0 bridgehead atoms. The molecule has 1 N–H and O–H groups in total. The summed E-state index contributed by atoms with van der Waals surface area (Å²) in [6, 6.07) is 0. The minimum Gasteiger partial charge on any atom is -0.377 e. The predicted octanol–water partition coefficient (Wildman–Crippen LogP) is 1.86. The summed E-state index contributed by atoms with van der Waals surface area (Å²) < 4.78 is 11.5. The Kier molecular flexibility index (Phi) is 5.44. The SMILES string of the molecule is C=C[C@H](O)C#CC#CC[C@@H]1OC(C)(C)O[C@H]1CC. The number of hydrogen-bond acceptors (Lipinski definition) is 3. The van der Waals surface area contributed by atoms with Crippen LogP contribution in [0, 0.1) is 23.7 Å². The lowest BCUT2D eigenvalue weighted by molar-refractivity contribution is -0.145. The molecule has 1 aliphatic rings. The molecule has 0 spiro atoms. The van der Waals surface area contributed by atoms with Gasteiger partial charge in [0, 0.05) is 6.42 Å². The molecule has 0 amide bonds. The summed E-state index contributed by atoms with van der Waals surface area (Å²) in [4.78, 5) is 0. The van der Waals surface area contributed by atoms with Crippen LogP contribution in [0.3, 0.4) is 0 Å². The van der Waals surface area contributed by atoms with Gasteiger partial charge in [0.05, 0.1) is 12.2 Å². The van der Waals surface area contributed by atoms with Crippen molar-refractivity contribution in [1.82, 2.24) is 0 Å². The first kappa shape index (κ1) is 14.8. The molecule has 0 saturated carbocycles. The van der Waals surface area contributed by atoms with Gasteiger partial charge in [-0.05, 0) is 32.1 Å². The number of rotatable bonds is 3. The Labute approximate surface area is 109 Å². The van der Waals surface area contributed by atoms with Gasteiger partial charge in [-0.3, -0.25) is 0 Å². The molecule has 0 aromatic heterocycles. The lowest BCUT2D eigenvalue weighted by Gasteiger charge is -2.16. The zero-order valence-electron chi connectivity index (χ0n) is 11.2. The van der Waals surface area contributed by atoms with E-state index in [1.165, 1.54) is 6.08 Å². The summed E-state index contributed by atoms with van der Waals surface area (Å²) >= 11 is 0. The third kappa shape index (κ3) is 4.55. The Balaban J connectivity index is 2.50. The molecule has 0 aromatic carbocycles. The smallest absolute Gasteiger partial charge is 0.163 e. The van der Waals surface area contributed by atoms with E-state index in [-0.39, 0.29) is 12.2 Å². The van der Waals surface area contributed by atoms with Gasteiger partial charge in [0.15, 0.2) is 5.79 Å². The molecule has 3 nitrogen and oxygen atoms in total. The minimum absolute atomic E-state index is 0.0105. The van der Waals surface area contributed by atoms with E-state index in [0.29, 0.717) is 6.42 Å². The fourth-order valence-electron chi connectivity index (χ4n) is 1.79. The van der Waals surface area contributed by atoms with Gasteiger partial charge >= 0.3 is 0 Å². The monoisotopic (exact) mass is 248 g/mol. The van der Waals surface area contributed by atoms with E-state index in [9.17, 15) is 0 Å². The summed E-state index contributed by atoms with van der Waals surface area (Å²) in [5.41, 5.74) is 0. The van der Waals surface area contributed by atoms with E-state index >= 15 is 0 Å². The van der Waals surface area contributed by atoms with E-state index in [4.69, 9.17) is 14.6 Å². The average Bonchev–Trinajstić information content (AvgIpc) is 2.63. The highest BCUT2D eigenvalue weighted by atomic mass is 16.7. The summed E-state index contributed by atoms with van der Waals surface area (Å²) in [5.74, 6) is 10.2. The average molecular weight is 248 g/mol. The Morgan fingerprint density at radius 1 is 1.33 bits per heavy atom. The van der Waals surface area contributed by atoms with Crippen molar-refractivity contribution in [1.29, 1.82) is 0 Å². The molecule has 3 atom stereocenters. The Morgan fingerprint density at radius 3 is 2.61 bits per heavy atom. The molecule has 0 unspecified atom stereocenters. The van der Waals surface area contributed by atoms with Crippen molar-refractivity contribution >= 4 is 0 Å². The second-order valence-corrected chi connectivity index (χ2v) is 4.58. The molecule has 1 rings (SSSR count). The summed E-state index contributed by atoms with van der Waals surface area (Å²) in [5, 5.41) is 9.11. The molecule has 18 heavy (non-hydrogen) atoms. The van der Waals surface area contributed by atoms with Crippen LogP contribution < -0.4 is 0 Å². The second-order valence-electron chi connectivity index (χ2n) is 4.58. The highest BCUT2D eigenvalue weighted by Gasteiger charge is 2.39. The first-order chi connectivity index (χ1) is 8.48. The van der Waals surface area contributed by atoms with Crippen LogP contribution in [-0.2, 0) is 9.47 Å². The van der Waals surface area contributed by atoms with E-state index < -0.39 is 11.9 Å². The van der Waals surface area contributed by atoms with Crippen molar-refractivity contribution < 1.29 is 14.6 Å². The molecule has 3 heteroatoms. The number of aliphatic hydroxyl groups is 1. The van der Waals surface area contributed by atoms with Crippen molar-refractivity contribution in [2.45, 2.75) is 57.7 Å². The molecule has 1 saturated heterocycles. The fraction of sp³-hybridized carbons (Fsp3) is 0.600. The number of hydrogen-bond donors (Lipinski definition) is 1. The fourth-order valence-corrected chi connectivity index (χ4v) is 1.79. The lowest BCUT2D eigenvalue weighted by atomic mass is 10.1. The van der Waals surface area contributed by atoms with Crippen molar-refractivity contribution in [3.63, 3.8) is 0 Å². The number of ether oxygens (including phenoxy) is 2. The van der Waals surface area contributed by atoms with Gasteiger partial charge in [-0.2, -0.15) is 0 Å². The third-order valence-corrected chi connectivity index (χ3v) is 2.58. The standard InChI is InChI=1S/C15H20O3/c1-5-12(16)10-8-7-9-11-14-13(6-2)17-15(3,4)18-14/h5,12-14,16H,1,6,11H2,2-4H3/t12-,13-,14-/m0/s1. The molecule has 0 radical (unpaired) electrons. The maximum absolute atomic E-state index is 9.11. The molecular weight excluding hydrogens is 228 g/mol. The van der Waals surface area contributed by atoms with Crippen LogP contribution in [0.1, 0.15) is 33.6 Å². The maximum atomic E-state index is 9.11. The van der Waals surface area contributed by atoms with Gasteiger partial charge < -0.3 is 14.6 Å². The van der Waals surface area contributed by atoms with Crippen molar-refractivity contribution in [2.24, 2.45) is 0 Å². The first-order valence-electron chi connectivity index (χ1n) is 6.13. The van der Waals surface area contributed by atoms with Gasteiger partial charge in [-0.25, -0.2) is 0 Å². The predicted molar refractivity (Wildman–Crippen MR) is 70.5 cm³/mol. The summed E-state index contributed by atoms with van der Waals surface area (Å²) in [7, 11) is 0. The molecule has 98 valence electrons. The van der Waals surface area contributed by atoms with Crippen LogP contribution >= 0.6 is 0 Å². The van der Waals surface area contributed by atoms with Gasteiger partial charge in [0.25, 0.3) is 0 Å². The molecule has 1 heterocycles. The Morgan fingerprint density at radius 2 is 2.00 bits per heavy atom. The van der Waals surface area contributed by atoms with E-state index in [1.807, 2.05) is 13.8 Å². The Hall–Kier alpha value is -1.26. The van der Waals surface area contributed by atoms with Crippen LogP contribution in [0.25, 0.3) is 0 Å². The lowest BCUT2D eigenvalue weighted by Crippen LogP contribution is -2.21. The zero-order valence-corrected chi connectivity index (χ0v) is 11.2. The largest absolute Gasteiger partial charge is 0.377 e. The summed E-state index contributed by atoms with van der Waals surface area (Å²) in [6.45, 7) is 9.30. The minimum atomic E-state index is -0.812. The zero-order chi connectivity index (χ0) is 13.6. The highest BCUT2D eigenvalue weighted by Crippen LogP contribution is 2.31. The molecule has 0 aliphatic carbocycles. The van der Waals surface area contributed by atoms with E-state index in [1.54, 1.807) is 0 Å². The van der Waals surface area contributed by atoms with Crippen LogP contribution in [0.5, 0.6) is 0 Å². The molecular formula is C15H20O3. The van der Waals surface area contributed by atoms with Gasteiger partial charge in [0.2, 0.25) is 0 Å². The highest BCUT2D eigenvalue weighted by molar-refractivity contribution is 5.28. The summed E-state index contributed by atoms with van der Waals surface area (Å²) in [6.07, 6.45) is 2.10. The quantitative estimate of drug-likeness (QED) is 0.612. The van der Waals surface area contributed by atoms with Crippen LogP contribution in [0.4, 0.5) is 0 Å². The third-order valence-electron chi connectivity index (χ3n) is 2.58. The van der Waals surface area contributed by atoms with Crippen molar-refractivity contribution in [3.05, 3.63) is 12.7 Å². The molecule has 1 aliphatic heterocycles. The molecule has 0 aromatic rings. The van der Waals surface area contributed by atoms with Crippen LogP contribution in [0.15, 0.2) is 12.7 Å². The van der Waals surface area contributed by atoms with Crippen molar-refractivity contribution in [3.8, 4) is 23.7 Å². The van der Waals surface area contributed by atoms with Gasteiger partial charge in [0.1, 0.15) is 6.10 Å². The Bertz CT molecular complexity index is 403. The first-order valence-corrected chi connectivity index (χ1v) is 6.13. The maximum Gasteiger partial charge on any atom is 0.163 e. The van der Waals surface area contributed by atoms with E-state index in [2.05, 4.69) is 37.2 Å². The second kappa shape index (κ2) is 6.61. The molecule has 1 fully saturated rings. The van der Waals surface area contributed by atoms with Gasteiger partial charge in [-0.1, -0.05) is 31.4 Å².